The monoisotopic (exact) mass is 495 g/mol. The molecule has 3 aromatic heterocycles. The van der Waals surface area contributed by atoms with Crippen molar-refractivity contribution in [1.82, 2.24) is 24.4 Å². The first-order valence-corrected chi connectivity index (χ1v) is 13.4. The summed E-state index contributed by atoms with van der Waals surface area (Å²) < 4.78 is 29.1. The zero-order valence-electron chi connectivity index (χ0n) is 19.0. The van der Waals surface area contributed by atoms with Gasteiger partial charge < -0.3 is 5.32 Å². The fourth-order valence-corrected chi connectivity index (χ4v) is 7.26. The van der Waals surface area contributed by atoms with Crippen molar-refractivity contribution in [2.24, 2.45) is 7.05 Å². The molecule has 1 aliphatic rings. The van der Waals surface area contributed by atoms with Gasteiger partial charge in [-0.3, -0.25) is 9.48 Å². The third kappa shape index (κ3) is 4.13. The van der Waals surface area contributed by atoms with Crippen LogP contribution in [0.25, 0.3) is 22.3 Å². The topological polar surface area (TPSA) is 97.2 Å². The number of benzene rings is 1. The molecular weight excluding hydrogens is 470 g/mol. The summed E-state index contributed by atoms with van der Waals surface area (Å²) in [4.78, 5) is 18.8. The zero-order chi connectivity index (χ0) is 23.9. The van der Waals surface area contributed by atoms with E-state index in [1.807, 2.05) is 44.3 Å². The lowest BCUT2D eigenvalue weighted by molar-refractivity contribution is 0.0953. The maximum absolute atomic E-state index is 13.3. The summed E-state index contributed by atoms with van der Waals surface area (Å²) in [7, 11) is -1.64. The molecule has 4 aromatic rings. The van der Waals surface area contributed by atoms with Crippen LogP contribution in [0.4, 0.5) is 0 Å². The van der Waals surface area contributed by atoms with Crippen molar-refractivity contribution >= 4 is 38.3 Å². The van der Waals surface area contributed by atoms with Gasteiger partial charge in [0, 0.05) is 30.6 Å². The van der Waals surface area contributed by atoms with Gasteiger partial charge >= 0.3 is 0 Å². The number of nitrogens with one attached hydrogen (secondary N) is 1. The molecular formula is C24H25N5O3S2. The summed E-state index contributed by atoms with van der Waals surface area (Å²) in [5.41, 5.74) is 3.46. The molecule has 1 saturated heterocycles. The standard InChI is InChI=1S/C24H25N5O3S2/c1-16-22-19(14-20(17-8-4-3-5-9-17)26-23(22)28(2)27-16)24(30)25-15-18-10-11-21(33-18)34(31,32)29-12-6-7-13-29/h3-5,8-11,14H,6-7,12-13,15H2,1-2H3,(H,25,30). The number of carbonyl (C=O) groups is 1. The second-order valence-electron chi connectivity index (χ2n) is 8.34. The van der Waals surface area contributed by atoms with E-state index in [1.54, 1.807) is 22.9 Å². The van der Waals surface area contributed by atoms with E-state index in [0.29, 0.717) is 39.6 Å². The molecule has 0 saturated carbocycles. The Kier molecular flexibility index (Phi) is 5.97. The van der Waals surface area contributed by atoms with Gasteiger partial charge in [-0.15, -0.1) is 11.3 Å². The number of sulfonamides is 1. The molecule has 0 radical (unpaired) electrons. The van der Waals surface area contributed by atoms with Crippen LogP contribution in [-0.2, 0) is 23.6 Å². The summed E-state index contributed by atoms with van der Waals surface area (Å²) in [5.74, 6) is -0.252. The molecule has 10 heteroatoms. The van der Waals surface area contributed by atoms with Crippen molar-refractivity contribution in [3.05, 3.63) is 64.7 Å². The highest BCUT2D eigenvalue weighted by Gasteiger charge is 2.28. The van der Waals surface area contributed by atoms with Crippen molar-refractivity contribution in [1.29, 1.82) is 0 Å². The molecule has 0 bridgehead atoms. The second-order valence-corrected chi connectivity index (χ2v) is 11.7. The minimum atomic E-state index is -3.46. The Labute approximate surface area is 202 Å². The smallest absolute Gasteiger partial charge is 0.252 e. The van der Waals surface area contributed by atoms with E-state index >= 15 is 0 Å². The molecule has 0 unspecified atom stereocenters. The number of pyridine rings is 1. The quantitative estimate of drug-likeness (QED) is 0.440. The first-order valence-electron chi connectivity index (χ1n) is 11.1. The van der Waals surface area contributed by atoms with E-state index < -0.39 is 10.0 Å². The van der Waals surface area contributed by atoms with E-state index in [2.05, 4.69) is 10.4 Å². The van der Waals surface area contributed by atoms with Gasteiger partial charge in [0.05, 0.1) is 28.9 Å². The van der Waals surface area contributed by atoms with Crippen LogP contribution in [0.1, 0.15) is 33.8 Å². The minimum Gasteiger partial charge on any atom is -0.347 e. The van der Waals surface area contributed by atoms with Gasteiger partial charge in [-0.2, -0.15) is 9.40 Å². The van der Waals surface area contributed by atoms with E-state index in [1.165, 1.54) is 15.6 Å². The van der Waals surface area contributed by atoms with Crippen molar-refractivity contribution in [2.75, 3.05) is 13.1 Å². The summed E-state index contributed by atoms with van der Waals surface area (Å²) in [5, 5.41) is 8.13. The van der Waals surface area contributed by atoms with E-state index in [9.17, 15) is 13.2 Å². The van der Waals surface area contributed by atoms with Crippen molar-refractivity contribution in [3.63, 3.8) is 0 Å². The van der Waals surface area contributed by atoms with Gasteiger partial charge in [0.25, 0.3) is 15.9 Å². The molecule has 5 rings (SSSR count). The molecule has 34 heavy (non-hydrogen) atoms. The lowest BCUT2D eigenvalue weighted by atomic mass is 10.0. The maximum Gasteiger partial charge on any atom is 0.252 e. The largest absolute Gasteiger partial charge is 0.347 e. The minimum absolute atomic E-state index is 0.239. The molecule has 4 heterocycles. The van der Waals surface area contributed by atoms with E-state index in [-0.39, 0.29) is 12.5 Å². The summed E-state index contributed by atoms with van der Waals surface area (Å²) in [6, 6.07) is 14.9. The molecule has 8 nitrogen and oxygen atoms in total. The average Bonchev–Trinajstić information content (AvgIpc) is 3.59. The molecule has 0 atom stereocenters. The number of aromatic nitrogens is 3. The SMILES string of the molecule is Cc1nn(C)c2nc(-c3ccccc3)cc(C(=O)NCc3ccc(S(=O)(=O)N4CCCC4)s3)c12. The molecule has 1 N–H and O–H groups in total. The highest BCUT2D eigenvalue weighted by Crippen LogP contribution is 2.29. The third-order valence-electron chi connectivity index (χ3n) is 6.00. The van der Waals surface area contributed by atoms with Crippen LogP contribution >= 0.6 is 11.3 Å². The highest BCUT2D eigenvalue weighted by atomic mass is 32.2. The predicted octanol–water partition coefficient (Wildman–Crippen LogP) is 3.72. The molecule has 1 fully saturated rings. The Balaban J connectivity index is 1.42. The first kappa shape index (κ1) is 22.7. The summed E-state index contributed by atoms with van der Waals surface area (Å²) >= 11 is 1.20. The van der Waals surface area contributed by atoms with E-state index in [0.717, 1.165) is 29.0 Å². The van der Waals surface area contributed by atoms with Crippen molar-refractivity contribution in [3.8, 4) is 11.3 Å². The Hall–Kier alpha value is -3.08. The lowest BCUT2D eigenvalue weighted by Crippen LogP contribution is -2.27. The molecule has 1 amide bonds. The summed E-state index contributed by atoms with van der Waals surface area (Å²) in [6.45, 7) is 3.23. The maximum atomic E-state index is 13.3. The predicted molar refractivity (Wildman–Crippen MR) is 132 cm³/mol. The number of aryl methyl sites for hydroxylation is 2. The van der Waals surface area contributed by atoms with Crippen LogP contribution < -0.4 is 5.32 Å². The number of hydrogen-bond donors (Lipinski definition) is 1. The molecule has 176 valence electrons. The molecule has 1 aliphatic heterocycles. The van der Waals surface area contributed by atoms with Gasteiger partial charge in [0.1, 0.15) is 4.21 Å². The van der Waals surface area contributed by atoms with Crippen LogP contribution in [0, 0.1) is 6.92 Å². The Morgan fingerprint density at radius 1 is 1.12 bits per heavy atom. The lowest BCUT2D eigenvalue weighted by Gasteiger charge is -2.13. The first-order chi connectivity index (χ1) is 16.3. The number of carbonyl (C=O) groups excluding carboxylic acids is 1. The van der Waals surface area contributed by atoms with Crippen LogP contribution in [0.15, 0.2) is 52.7 Å². The van der Waals surface area contributed by atoms with Gasteiger partial charge in [0.2, 0.25) is 0 Å². The number of amides is 1. The van der Waals surface area contributed by atoms with Gasteiger partial charge in [0.15, 0.2) is 5.65 Å². The van der Waals surface area contributed by atoms with Crippen LogP contribution in [0.5, 0.6) is 0 Å². The van der Waals surface area contributed by atoms with Crippen LogP contribution in [0.2, 0.25) is 0 Å². The van der Waals surface area contributed by atoms with E-state index in [4.69, 9.17) is 4.98 Å². The number of thiophene rings is 1. The fraction of sp³-hybridized carbons (Fsp3) is 0.292. The number of rotatable bonds is 6. The Morgan fingerprint density at radius 3 is 2.59 bits per heavy atom. The number of fused-ring (bicyclic) bond motifs is 1. The van der Waals surface area contributed by atoms with Gasteiger partial charge in [-0.05, 0) is 38.0 Å². The van der Waals surface area contributed by atoms with Crippen LogP contribution in [0.3, 0.4) is 0 Å². The fourth-order valence-electron chi connectivity index (χ4n) is 4.29. The zero-order valence-corrected chi connectivity index (χ0v) is 20.6. The van der Waals surface area contributed by atoms with Gasteiger partial charge in [-0.1, -0.05) is 30.3 Å². The molecule has 0 aliphatic carbocycles. The third-order valence-corrected chi connectivity index (χ3v) is 9.45. The average molecular weight is 496 g/mol. The number of nitrogens with zero attached hydrogens (tertiary/aromatic N) is 4. The summed E-state index contributed by atoms with van der Waals surface area (Å²) in [6.07, 6.45) is 1.79. The van der Waals surface area contributed by atoms with Gasteiger partial charge in [-0.25, -0.2) is 13.4 Å². The van der Waals surface area contributed by atoms with Crippen molar-refractivity contribution in [2.45, 2.75) is 30.5 Å². The molecule has 0 spiro atoms. The highest BCUT2D eigenvalue weighted by molar-refractivity contribution is 7.91. The Morgan fingerprint density at radius 2 is 1.85 bits per heavy atom. The van der Waals surface area contributed by atoms with Crippen molar-refractivity contribution < 1.29 is 13.2 Å². The molecule has 1 aromatic carbocycles. The normalized spacial score (nSPS) is 14.6. The number of hydrogen-bond acceptors (Lipinski definition) is 6. The van der Waals surface area contributed by atoms with Crippen LogP contribution in [-0.4, -0.2) is 46.5 Å². The Bertz CT molecular complexity index is 1470. The second kappa shape index (κ2) is 8.94.